The van der Waals surface area contributed by atoms with Gasteiger partial charge in [-0.3, -0.25) is 4.79 Å². The number of rotatable bonds is 3. The van der Waals surface area contributed by atoms with Crippen molar-refractivity contribution in [3.8, 4) is 16.9 Å². The predicted molar refractivity (Wildman–Crippen MR) is 109 cm³/mol. The Bertz CT molecular complexity index is 947. The van der Waals surface area contributed by atoms with Gasteiger partial charge in [0.2, 0.25) is 0 Å². The predicted octanol–water partition coefficient (Wildman–Crippen LogP) is 5.35. The number of fused-ring (bicyclic) bond motifs is 1. The maximum absolute atomic E-state index is 13.2. The van der Waals surface area contributed by atoms with Gasteiger partial charge in [-0.1, -0.05) is 48.5 Å². The summed E-state index contributed by atoms with van der Waals surface area (Å²) in [6.07, 6.45) is 3.18. The summed E-state index contributed by atoms with van der Waals surface area (Å²) in [5.41, 5.74) is 5.09. The summed E-state index contributed by atoms with van der Waals surface area (Å²) < 4.78 is 5.45. The molecule has 0 bridgehead atoms. The Balaban J connectivity index is 1.64. The number of anilines is 1. The molecule has 0 fully saturated rings. The molecule has 0 N–H and O–H groups in total. The number of methoxy groups -OCH3 is 1. The van der Waals surface area contributed by atoms with Crippen LogP contribution >= 0.6 is 0 Å². The topological polar surface area (TPSA) is 29.5 Å². The van der Waals surface area contributed by atoms with E-state index in [1.54, 1.807) is 7.11 Å². The summed E-state index contributed by atoms with van der Waals surface area (Å²) in [4.78, 5) is 15.1. The Labute approximate surface area is 160 Å². The summed E-state index contributed by atoms with van der Waals surface area (Å²) in [7, 11) is 1.67. The third-order valence-corrected chi connectivity index (χ3v) is 5.16. The lowest BCUT2D eigenvalue weighted by Gasteiger charge is -2.23. The van der Waals surface area contributed by atoms with E-state index in [0.717, 1.165) is 48.4 Å². The third-order valence-electron chi connectivity index (χ3n) is 5.16. The molecule has 0 aromatic heterocycles. The van der Waals surface area contributed by atoms with E-state index >= 15 is 0 Å². The lowest BCUT2D eigenvalue weighted by Crippen LogP contribution is -2.31. The summed E-state index contributed by atoms with van der Waals surface area (Å²) in [6, 6.07) is 24.0. The molecule has 3 aromatic rings. The van der Waals surface area contributed by atoms with E-state index in [9.17, 15) is 4.79 Å². The van der Waals surface area contributed by atoms with E-state index in [1.807, 2.05) is 59.5 Å². The lowest BCUT2D eigenvalue weighted by atomic mass is 10.0. The van der Waals surface area contributed by atoms with Crippen molar-refractivity contribution in [1.29, 1.82) is 0 Å². The Morgan fingerprint density at radius 3 is 2.44 bits per heavy atom. The molecule has 0 atom stereocenters. The van der Waals surface area contributed by atoms with Crippen LogP contribution in [0.3, 0.4) is 0 Å². The molecule has 3 nitrogen and oxygen atoms in total. The molecule has 0 saturated heterocycles. The minimum atomic E-state index is 0.0657. The van der Waals surface area contributed by atoms with Crippen LogP contribution in [0.15, 0.2) is 72.8 Å². The van der Waals surface area contributed by atoms with Crippen LogP contribution in [-0.2, 0) is 6.42 Å². The molecule has 136 valence electrons. The highest BCUT2D eigenvalue weighted by Gasteiger charge is 2.22. The molecule has 1 heterocycles. The number of amides is 1. The third kappa shape index (κ3) is 3.45. The van der Waals surface area contributed by atoms with Gasteiger partial charge in [0.25, 0.3) is 5.91 Å². The van der Waals surface area contributed by atoms with Crippen LogP contribution in [0.25, 0.3) is 11.1 Å². The number of hydrogen-bond donors (Lipinski definition) is 0. The second-order valence-electron chi connectivity index (χ2n) is 6.82. The summed E-state index contributed by atoms with van der Waals surface area (Å²) >= 11 is 0. The van der Waals surface area contributed by atoms with Crippen LogP contribution in [0, 0.1) is 0 Å². The fourth-order valence-electron chi connectivity index (χ4n) is 3.73. The van der Waals surface area contributed by atoms with Crippen molar-refractivity contribution in [3.05, 3.63) is 83.9 Å². The van der Waals surface area contributed by atoms with Crippen molar-refractivity contribution in [2.45, 2.75) is 19.3 Å². The molecule has 1 aliphatic heterocycles. The molecule has 1 aliphatic rings. The first-order chi connectivity index (χ1) is 13.3. The van der Waals surface area contributed by atoms with Gasteiger partial charge in [0.05, 0.1) is 7.11 Å². The second kappa shape index (κ2) is 7.67. The number of aryl methyl sites for hydroxylation is 1. The monoisotopic (exact) mass is 357 g/mol. The molecular weight excluding hydrogens is 334 g/mol. The van der Waals surface area contributed by atoms with Crippen molar-refractivity contribution >= 4 is 11.6 Å². The highest BCUT2D eigenvalue weighted by Crippen LogP contribution is 2.31. The van der Waals surface area contributed by atoms with E-state index in [2.05, 4.69) is 18.2 Å². The largest absolute Gasteiger partial charge is 0.496 e. The minimum absolute atomic E-state index is 0.0657. The van der Waals surface area contributed by atoms with Crippen molar-refractivity contribution in [1.82, 2.24) is 0 Å². The average Bonchev–Trinajstić information content (AvgIpc) is 2.96. The number of nitrogens with zero attached hydrogens (tertiary/aromatic N) is 1. The highest BCUT2D eigenvalue weighted by molar-refractivity contribution is 6.06. The molecule has 4 rings (SSSR count). The summed E-state index contributed by atoms with van der Waals surface area (Å²) in [5, 5.41) is 0. The van der Waals surface area contributed by atoms with Gasteiger partial charge in [0, 0.05) is 23.4 Å². The molecule has 27 heavy (non-hydrogen) atoms. The smallest absolute Gasteiger partial charge is 0.258 e. The van der Waals surface area contributed by atoms with Crippen molar-refractivity contribution < 1.29 is 9.53 Å². The Morgan fingerprint density at radius 1 is 0.889 bits per heavy atom. The van der Waals surface area contributed by atoms with E-state index < -0.39 is 0 Å². The summed E-state index contributed by atoms with van der Waals surface area (Å²) in [6.45, 7) is 0.768. The molecule has 3 heteroatoms. The van der Waals surface area contributed by atoms with Crippen molar-refractivity contribution in [2.75, 3.05) is 18.6 Å². The second-order valence-corrected chi connectivity index (χ2v) is 6.82. The fourth-order valence-corrected chi connectivity index (χ4v) is 3.73. The molecular formula is C24H23NO2. The zero-order valence-electron chi connectivity index (χ0n) is 15.5. The van der Waals surface area contributed by atoms with Gasteiger partial charge >= 0.3 is 0 Å². The van der Waals surface area contributed by atoms with Gasteiger partial charge < -0.3 is 9.64 Å². The van der Waals surface area contributed by atoms with E-state index in [1.165, 1.54) is 5.56 Å². The SMILES string of the molecule is COc1ccccc1-c1ccc(C(=O)N2CCCCc3ccccc32)cc1. The molecule has 1 amide bonds. The van der Waals surface area contributed by atoms with Gasteiger partial charge in [-0.25, -0.2) is 0 Å². The first-order valence-corrected chi connectivity index (χ1v) is 9.41. The maximum atomic E-state index is 13.2. The number of benzene rings is 3. The average molecular weight is 357 g/mol. The van der Waals surface area contributed by atoms with Crippen LogP contribution in [-0.4, -0.2) is 19.6 Å². The number of carbonyl (C=O) groups is 1. The first kappa shape index (κ1) is 17.3. The van der Waals surface area contributed by atoms with Crippen molar-refractivity contribution in [2.24, 2.45) is 0 Å². The lowest BCUT2D eigenvalue weighted by molar-refractivity contribution is 0.0987. The van der Waals surface area contributed by atoms with Crippen LogP contribution in [0.1, 0.15) is 28.8 Å². The molecule has 0 aliphatic carbocycles. The van der Waals surface area contributed by atoms with Crippen LogP contribution < -0.4 is 9.64 Å². The number of carbonyl (C=O) groups excluding carboxylic acids is 1. The van der Waals surface area contributed by atoms with Crippen LogP contribution in [0.2, 0.25) is 0 Å². The van der Waals surface area contributed by atoms with Crippen LogP contribution in [0.4, 0.5) is 5.69 Å². The Kier molecular flexibility index (Phi) is 4.93. The van der Waals surface area contributed by atoms with Gasteiger partial charge in [0.15, 0.2) is 0 Å². The highest BCUT2D eigenvalue weighted by atomic mass is 16.5. The fraction of sp³-hybridized carbons (Fsp3) is 0.208. The standard InChI is InChI=1S/C24H23NO2/c1-27-23-12-5-3-10-21(23)18-13-15-20(16-14-18)24(26)25-17-7-6-9-19-8-2-4-11-22(19)25/h2-5,8,10-16H,6-7,9,17H2,1H3. The van der Waals surface area contributed by atoms with Crippen LogP contribution in [0.5, 0.6) is 5.75 Å². The van der Waals surface area contributed by atoms with E-state index in [0.29, 0.717) is 5.56 Å². The first-order valence-electron chi connectivity index (χ1n) is 9.41. The quantitative estimate of drug-likeness (QED) is 0.633. The maximum Gasteiger partial charge on any atom is 0.258 e. The van der Waals surface area contributed by atoms with E-state index in [4.69, 9.17) is 4.74 Å². The molecule has 0 unspecified atom stereocenters. The normalized spacial score (nSPS) is 13.6. The molecule has 0 spiro atoms. The molecule has 3 aromatic carbocycles. The number of ether oxygens (including phenoxy) is 1. The molecule has 0 saturated carbocycles. The minimum Gasteiger partial charge on any atom is -0.496 e. The van der Waals surface area contributed by atoms with Gasteiger partial charge in [-0.15, -0.1) is 0 Å². The summed E-state index contributed by atoms with van der Waals surface area (Å²) in [5.74, 6) is 0.897. The number of para-hydroxylation sites is 2. The van der Waals surface area contributed by atoms with Crippen molar-refractivity contribution in [3.63, 3.8) is 0 Å². The van der Waals surface area contributed by atoms with Gasteiger partial charge in [0.1, 0.15) is 5.75 Å². The Hall–Kier alpha value is -3.07. The number of hydrogen-bond acceptors (Lipinski definition) is 2. The zero-order chi connectivity index (χ0) is 18.6. The zero-order valence-corrected chi connectivity index (χ0v) is 15.5. The van der Waals surface area contributed by atoms with Gasteiger partial charge in [-0.2, -0.15) is 0 Å². The Morgan fingerprint density at radius 2 is 1.63 bits per heavy atom. The van der Waals surface area contributed by atoms with E-state index in [-0.39, 0.29) is 5.91 Å². The molecule has 0 radical (unpaired) electrons. The van der Waals surface area contributed by atoms with Gasteiger partial charge in [-0.05, 0) is 54.7 Å².